The SMILES string of the molecule is COCCCN1C(=O)C(=O)/C(=C(\O)c2ccc(Br)cc2)C1c1cccc(C)c1. The van der Waals surface area contributed by atoms with E-state index in [1.165, 1.54) is 4.90 Å². The number of ether oxygens (including phenoxy) is 1. The first-order valence-corrected chi connectivity index (χ1v) is 9.83. The summed E-state index contributed by atoms with van der Waals surface area (Å²) in [7, 11) is 1.60. The van der Waals surface area contributed by atoms with Gasteiger partial charge in [-0.1, -0.05) is 57.9 Å². The maximum Gasteiger partial charge on any atom is 0.295 e. The van der Waals surface area contributed by atoms with Crippen LogP contribution in [0.2, 0.25) is 0 Å². The average molecular weight is 444 g/mol. The van der Waals surface area contributed by atoms with Crippen LogP contribution in [0.4, 0.5) is 0 Å². The third-order valence-corrected chi connectivity index (χ3v) is 5.29. The van der Waals surface area contributed by atoms with Gasteiger partial charge in [0.15, 0.2) is 0 Å². The van der Waals surface area contributed by atoms with Gasteiger partial charge in [-0.25, -0.2) is 0 Å². The molecule has 0 saturated carbocycles. The molecule has 0 aliphatic carbocycles. The van der Waals surface area contributed by atoms with Crippen molar-refractivity contribution in [2.24, 2.45) is 0 Å². The number of carbonyl (C=O) groups is 2. The summed E-state index contributed by atoms with van der Waals surface area (Å²) >= 11 is 3.36. The molecule has 0 spiro atoms. The molecule has 1 heterocycles. The molecule has 1 unspecified atom stereocenters. The topological polar surface area (TPSA) is 66.8 Å². The molecule has 0 aromatic heterocycles. The molecule has 1 fully saturated rings. The Balaban J connectivity index is 2.12. The molecule has 146 valence electrons. The lowest BCUT2D eigenvalue weighted by atomic mass is 9.94. The van der Waals surface area contributed by atoms with Crippen LogP contribution in [-0.4, -0.2) is 42.0 Å². The number of hydrogen-bond donors (Lipinski definition) is 1. The summed E-state index contributed by atoms with van der Waals surface area (Å²) in [4.78, 5) is 27.1. The lowest BCUT2D eigenvalue weighted by molar-refractivity contribution is -0.140. The molecule has 1 N–H and O–H groups in total. The molecule has 1 atom stereocenters. The Kier molecular flexibility index (Phi) is 6.31. The Morgan fingerprint density at radius 2 is 1.89 bits per heavy atom. The molecule has 1 aliphatic rings. The highest BCUT2D eigenvalue weighted by atomic mass is 79.9. The van der Waals surface area contributed by atoms with Crippen LogP contribution in [0, 0.1) is 6.92 Å². The van der Waals surface area contributed by atoms with Crippen molar-refractivity contribution in [2.75, 3.05) is 20.3 Å². The van der Waals surface area contributed by atoms with Crippen LogP contribution >= 0.6 is 15.9 Å². The van der Waals surface area contributed by atoms with Crippen LogP contribution in [0.1, 0.15) is 29.2 Å². The molecule has 1 aliphatic heterocycles. The second-order valence-electron chi connectivity index (χ2n) is 6.76. The first kappa shape index (κ1) is 20.3. The van der Waals surface area contributed by atoms with Gasteiger partial charge < -0.3 is 14.7 Å². The van der Waals surface area contributed by atoms with Crippen molar-refractivity contribution in [3.05, 3.63) is 75.3 Å². The quantitative estimate of drug-likeness (QED) is 0.314. The Labute approximate surface area is 172 Å². The second kappa shape index (κ2) is 8.71. The van der Waals surface area contributed by atoms with Crippen molar-refractivity contribution in [3.8, 4) is 0 Å². The normalized spacial score (nSPS) is 18.7. The zero-order chi connectivity index (χ0) is 20.3. The van der Waals surface area contributed by atoms with Crippen LogP contribution < -0.4 is 0 Å². The van der Waals surface area contributed by atoms with Gasteiger partial charge in [-0.05, 0) is 31.0 Å². The number of Topliss-reactive ketones (excluding diaryl/α,β-unsaturated/α-hetero) is 1. The zero-order valence-electron chi connectivity index (χ0n) is 15.8. The summed E-state index contributed by atoms with van der Waals surface area (Å²) < 4.78 is 5.95. The average Bonchev–Trinajstić information content (AvgIpc) is 2.93. The van der Waals surface area contributed by atoms with E-state index in [9.17, 15) is 14.7 Å². The number of aryl methyl sites for hydroxylation is 1. The van der Waals surface area contributed by atoms with Crippen LogP contribution in [0.3, 0.4) is 0 Å². The fourth-order valence-electron chi connectivity index (χ4n) is 3.44. The van der Waals surface area contributed by atoms with Gasteiger partial charge in [0.05, 0.1) is 11.6 Å². The first-order valence-electron chi connectivity index (χ1n) is 9.04. The Bertz CT molecular complexity index is 920. The molecule has 6 heteroatoms. The molecule has 0 bridgehead atoms. The van der Waals surface area contributed by atoms with Gasteiger partial charge in [0.25, 0.3) is 11.7 Å². The minimum Gasteiger partial charge on any atom is -0.507 e. The number of rotatable bonds is 6. The number of nitrogens with zero attached hydrogens (tertiary/aromatic N) is 1. The van der Waals surface area contributed by atoms with Gasteiger partial charge in [0.1, 0.15) is 5.76 Å². The summed E-state index contributed by atoms with van der Waals surface area (Å²) in [5.74, 6) is -1.42. The molecule has 2 aromatic rings. The van der Waals surface area contributed by atoms with E-state index < -0.39 is 17.7 Å². The third-order valence-electron chi connectivity index (χ3n) is 4.76. The van der Waals surface area contributed by atoms with E-state index in [1.54, 1.807) is 31.4 Å². The summed E-state index contributed by atoms with van der Waals surface area (Å²) in [5.41, 5.74) is 2.44. The van der Waals surface area contributed by atoms with Crippen LogP contribution in [0.25, 0.3) is 5.76 Å². The number of likely N-dealkylation sites (tertiary alicyclic amines) is 1. The van der Waals surface area contributed by atoms with E-state index in [2.05, 4.69) is 15.9 Å². The maximum absolute atomic E-state index is 12.8. The highest BCUT2D eigenvalue weighted by Crippen LogP contribution is 2.39. The summed E-state index contributed by atoms with van der Waals surface area (Å²) in [6, 6.07) is 14.0. The molecule has 0 radical (unpaired) electrons. The standard InChI is InChI=1S/C22H22BrNO4/c1-14-5-3-6-16(13-14)19-18(20(25)15-7-9-17(23)10-8-15)21(26)22(27)24(19)11-4-12-28-2/h3,5-10,13,19,25H,4,11-12H2,1-2H3/b20-18-. The minimum absolute atomic E-state index is 0.121. The second-order valence-corrected chi connectivity index (χ2v) is 7.68. The fourth-order valence-corrected chi connectivity index (χ4v) is 3.70. The third kappa shape index (κ3) is 4.03. The molecule has 1 saturated heterocycles. The van der Waals surface area contributed by atoms with Gasteiger partial charge in [0.2, 0.25) is 0 Å². The molecule has 3 rings (SSSR count). The van der Waals surface area contributed by atoms with Crippen molar-refractivity contribution >= 4 is 33.4 Å². The molecule has 5 nitrogen and oxygen atoms in total. The number of ketones is 1. The van der Waals surface area contributed by atoms with E-state index in [0.29, 0.717) is 25.1 Å². The Morgan fingerprint density at radius 3 is 2.54 bits per heavy atom. The molecule has 1 amide bonds. The number of aliphatic hydroxyl groups excluding tert-OH is 1. The van der Waals surface area contributed by atoms with Crippen molar-refractivity contribution in [1.29, 1.82) is 0 Å². The maximum atomic E-state index is 12.8. The smallest absolute Gasteiger partial charge is 0.295 e. The van der Waals surface area contributed by atoms with Crippen molar-refractivity contribution in [1.82, 2.24) is 4.90 Å². The van der Waals surface area contributed by atoms with E-state index in [1.807, 2.05) is 31.2 Å². The number of aliphatic hydroxyl groups is 1. The van der Waals surface area contributed by atoms with Gasteiger partial charge >= 0.3 is 0 Å². The predicted molar refractivity (Wildman–Crippen MR) is 111 cm³/mol. The van der Waals surface area contributed by atoms with Crippen LogP contribution in [0.15, 0.2) is 58.6 Å². The van der Waals surface area contributed by atoms with Gasteiger partial charge in [0, 0.05) is 30.3 Å². The van der Waals surface area contributed by atoms with Crippen molar-refractivity contribution < 1.29 is 19.4 Å². The highest BCUT2D eigenvalue weighted by Gasteiger charge is 2.45. The number of halogens is 1. The lowest BCUT2D eigenvalue weighted by Gasteiger charge is -2.25. The number of benzene rings is 2. The number of hydrogen-bond acceptors (Lipinski definition) is 4. The van der Waals surface area contributed by atoms with E-state index in [-0.39, 0.29) is 11.3 Å². The van der Waals surface area contributed by atoms with Gasteiger partial charge in [-0.15, -0.1) is 0 Å². The summed E-state index contributed by atoms with van der Waals surface area (Å²) in [6.45, 7) is 2.81. The van der Waals surface area contributed by atoms with E-state index in [0.717, 1.165) is 15.6 Å². The highest BCUT2D eigenvalue weighted by molar-refractivity contribution is 9.10. The first-order chi connectivity index (χ1) is 13.4. The largest absolute Gasteiger partial charge is 0.507 e. The molecule has 28 heavy (non-hydrogen) atoms. The van der Waals surface area contributed by atoms with Crippen LogP contribution in [-0.2, 0) is 14.3 Å². The minimum atomic E-state index is -0.663. The van der Waals surface area contributed by atoms with Crippen molar-refractivity contribution in [2.45, 2.75) is 19.4 Å². The molecule has 2 aromatic carbocycles. The van der Waals surface area contributed by atoms with E-state index in [4.69, 9.17) is 4.74 Å². The predicted octanol–water partition coefficient (Wildman–Crippen LogP) is 4.22. The van der Waals surface area contributed by atoms with Gasteiger partial charge in [-0.3, -0.25) is 9.59 Å². The number of methoxy groups -OCH3 is 1. The summed E-state index contributed by atoms with van der Waals surface area (Å²) in [5, 5.41) is 10.9. The Hall–Kier alpha value is -2.44. The van der Waals surface area contributed by atoms with Crippen molar-refractivity contribution in [3.63, 3.8) is 0 Å². The Morgan fingerprint density at radius 1 is 1.18 bits per heavy atom. The number of amides is 1. The fraction of sp³-hybridized carbons (Fsp3) is 0.273. The van der Waals surface area contributed by atoms with Crippen LogP contribution in [0.5, 0.6) is 0 Å². The molecular formula is C22H22BrNO4. The zero-order valence-corrected chi connectivity index (χ0v) is 17.4. The summed E-state index contributed by atoms with van der Waals surface area (Å²) in [6.07, 6.45) is 0.601. The lowest BCUT2D eigenvalue weighted by Crippen LogP contribution is -2.31. The molecular weight excluding hydrogens is 422 g/mol. The monoisotopic (exact) mass is 443 g/mol. The number of carbonyl (C=O) groups excluding carboxylic acids is 2. The van der Waals surface area contributed by atoms with Gasteiger partial charge in [-0.2, -0.15) is 0 Å². The van der Waals surface area contributed by atoms with E-state index >= 15 is 0 Å².